The molecule has 1 aliphatic heterocycles. The molecule has 1 fully saturated rings. The van der Waals surface area contributed by atoms with Crippen LogP contribution in [0.2, 0.25) is 0 Å². The van der Waals surface area contributed by atoms with Crippen molar-refractivity contribution >= 4 is 25.4 Å². The molecule has 2 unspecified atom stereocenters. The molecule has 0 spiro atoms. The number of hydrogen-bond acceptors (Lipinski definition) is 5. The molecular weight excluding hydrogens is 299 g/mol. The Morgan fingerprint density at radius 3 is 2.60 bits per heavy atom. The van der Waals surface area contributed by atoms with E-state index in [1.54, 1.807) is 36.0 Å². The van der Waals surface area contributed by atoms with E-state index in [0.29, 0.717) is 12.2 Å². The van der Waals surface area contributed by atoms with Crippen LogP contribution in [0.25, 0.3) is 0 Å². The van der Waals surface area contributed by atoms with Crippen molar-refractivity contribution in [3.8, 4) is 5.75 Å². The summed E-state index contributed by atoms with van der Waals surface area (Å²) in [5.74, 6) is 1.50. The van der Waals surface area contributed by atoms with Crippen LogP contribution in [0.5, 0.6) is 5.75 Å². The molecule has 1 aliphatic rings. The fraction of sp³-hybridized carbons (Fsp3) is 0.462. The number of rotatable bonds is 7. The van der Waals surface area contributed by atoms with Crippen molar-refractivity contribution in [1.82, 2.24) is 0 Å². The Morgan fingerprint density at radius 2 is 2.10 bits per heavy atom. The van der Waals surface area contributed by atoms with Gasteiger partial charge in [0, 0.05) is 18.8 Å². The van der Waals surface area contributed by atoms with Crippen molar-refractivity contribution in [3.63, 3.8) is 0 Å². The molecule has 3 atom stereocenters. The summed E-state index contributed by atoms with van der Waals surface area (Å²) in [5.41, 5.74) is 0.994. The van der Waals surface area contributed by atoms with Gasteiger partial charge >= 0.3 is 7.82 Å². The van der Waals surface area contributed by atoms with Gasteiger partial charge in [0.05, 0.1) is 5.25 Å². The van der Waals surface area contributed by atoms with Crippen LogP contribution in [-0.4, -0.2) is 28.8 Å². The topological polar surface area (TPSA) is 72.8 Å². The average molecular weight is 316 g/mol. The van der Waals surface area contributed by atoms with Crippen LogP contribution in [0.3, 0.4) is 0 Å². The van der Waals surface area contributed by atoms with E-state index in [2.05, 4.69) is 4.52 Å². The van der Waals surface area contributed by atoms with E-state index in [4.69, 9.17) is 4.52 Å². The molecule has 0 aromatic heterocycles. The Kier molecular flexibility index (Phi) is 4.91. The summed E-state index contributed by atoms with van der Waals surface area (Å²) in [5, 5.41) is 0.189. The number of carbonyl (C=O) groups excluding carboxylic acids is 1. The highest BCUT2D eigenvalue weighted by Gasteiger charge is 2.33. The van der Waals surface area contributed by atoms with Crippen LogP contribution in [0.4, 0.5) is 0 Å². The van der Waals surface area contributed by atoms with Crippen molar-refractivity contribution in [2.45, 2.75) is 18.6 Å². The zero-order valence-electron chi connectivity index (χ0n) is 11.3. The number of Topliss-reactive ketones (excluding diaryl/α,β-unsaturated/α-hetero) is 1. The number of phosphoric ester groups is 1. The summed E-state index contributed by atoms with van der Waals surface area (Å²) < 4.78 is 20.4. The molecule has 0 radical (unpaired) electrons. The molecule has 2 rings (SSSR count). The molecule has 1 N–H and O–H groups in total. The highest BCUT2D eigenvalue weighted by Crippen LogP contribution is 2.42. The third-order valence-electron chi connectivity index (χ3n) is 3.05. The van der Waals surface area contributed by atoms with Gasteiger partial charge in [-0.2, -0.15) is 0 Å². The van der Waals surface area contributed by atoms with E-state index in [-0.39, 0.29) is 16.9 Å². The highest BCUT2D eigenvalue weighted by molar-refractivity contribution is 8.07. The predicted molar refractivity (Wildman–Crippen MR) is 78.0 cm³/mol. The van der Waals surface area contributed by atoms with E-state index < -0.39 is 7.82 Å². The van der Waals surface area contributed by atoms with Crippen molar-refractivity contribution < 1.29 is 23.3 Å². The summed E-state index contributed by atoms with van der Waals surface area (Å²) in [7, 11) is -2.91. The number of phosphoric acid groups is 1. The molecule has 1 heterocycles. The fourth-order valence-electron chi connectivity index (χ4n) is 1.84. The molecule has 5 nitrogen and oxygen atoms in total. The van der Waals surface area contributed by atoms with Crippen LogP contribution in [0.1, 0.15) is 12.5 Å². The first-order valence-corrected chi connectivity index (χ1v) is 8.78. The van der Waals surface area contributed by atoms with Gasteiger partial charge in [0.25, 0.3) is 0 Å². The van der Waals surface area contributed by atoms with E-state index in [0.717, 1.165) is 18.4 Å². The van der Waals surface area contributed by atoms with Gasteiger partial charge < -0.3 is 4.52 Å². The number of carbonyl (C=O) groups is 1. The first kappa shape index (κ1) is 15.6. The number of hydrogen-bond donors (Lipinski definition) is 1. The van der Waals surface area contributed by atoms with Crippen molar-refractivity contribution in [3.05, 3.63) is 29.8 Å². The maximum Gasteiger partial charge on any atom is 0.527 e. The summed E-state index contributed by atoms with van der Waals surface area (Å²) >= 11 is 1.68. The van der Waals surface area contributed by atoms with Gasteiger partial charge in [0.1, 0.15) is 11.5 Å². The van der Waals surface area contributed by atoms with E-state index >= 15 is 0 Å². The lowest BCUT2D eigenvalue weighted by atomic mass is 9.96. The molecule has 0 aliphatic carbocycles. The van der Waals surface area contributed by atoms with Gasteiger partial charge in [-0.25, -0.2) is 4.57 Å². The normalized spacial score (nSPS) is 21.9. The van der Waals surface area contributed by atoms with Crippen molar-refractivity contribution in [2.75, 3.05) is 12.9 Å². The van der Waals surface area contributed by atoms with Gasteiger partial charge in [-0.05, 0) is 24.1 Å². The third kappa shape index (κ3) is 4.35. The lowest BCUT2D eigenvalue weighted by Gasteiger charge is -2.12. The smallest absolute Gasteiger partial charge is 0.404 e. The van der Waals surface area contributed by atoms with Crippen LogP contribution < -0.4 is 4.52 Å². The van der Waals surface area contributed by atoms with Gasteiger partial charge in [-0.15, -0.1) is 11.8 Å². The second kappa shape index (κ2) is 6.31. The number of thioether (sulfide) groups is 1. The largest absolute Gasteiger partial charge is 0.527 e. The van der Waals surface area contributed by atoms with E-state index in [9.17, 15) is 14.3 Å². The summed E-state index contributed by atoms with van der Waals surface area (Å²) in [4.78, 5) is 21.1. The number of ketones is 1. The minimum atomic E-state index is -4.02. The van der Waals surface area contributed by atoms with Crippen LogP contribution in [0, 0.1) is 5.92 Å². The number of benzene rings is 1. The first-order chi connectivity index (χ1) is 9.41. The molecule has 0 bridgehead atoms. The van der Waals surface area contributed by atoms with Crippen molar-refractivity contribution in [1.29, 1.82) is 0 Å². The summed E-state index contributed by atoms with van der Waals surface area (Å²) in [6.07, 6.45) is 0.664. The molecular formula is C13H17O5PS. The van der Waals surface area contributed by atoms with Crippen LogP contribution >= 0.6 is 19.6 Å². The van der Waals surface area contributed by atoms with Crippen LogP contribution in [0.15, 0.2) is 24.3 Å². The highest BCUT2D eigenvalue weighted by atomic mass is 32.2. The maximum atomic E-state index is 11.9. The molecule has 7 heteroatoms. The Bertz CT molecular complexity index is 526. The second-order valence-electron chi connectivity index (χ2n) is 4.72. The van der Waals surface area contributed by atoms with Gasteiger partial charge in [-0.1, -0.05) is 19.1 Å². The second-order valence-corrected chi connectivity index (χ2v) is 7.44. The van der Waals surface area contributed by atoms with Gasteiger partial charge in [0.15, 0.2) is 0 Å². The zero-order valence-corrected chi connectivity index (χ0v) is 13.0. The van der Waals surface area contributed by atoms with E-state index in [1.165, 1.54) is 0 Å². The molecule has 20 heavy (non-hydrogen) atoms. The van der Waals surface area contributed by atoms with E-state index in [1.807, 2.05) is 6.92 Å². The molecule has 0 amide bonds. The van der Waals surface area contributed by atoms with Gasteiger partial charge in [-0.3, -0.25) is 14.2 Å². The zero-order chi connectivity index (χ0) is 14.8. The third-order valence-corrected chi connectivity index (χ3v) is 4.86. The molecule has 1 aromatic carbocycles. The Hall–Kier alpha value is -0.810. The standard InChI is InChI=1S/C13H17O5PS/c1-9(13(14)12-8-20-12)7-10-3-5-11(6-4-10)18-19(15,16)17-2/h3-6,9,12H,7-8H2,1-2H3,(H,15,16)/t9-,12?/m0/s1. The molecule has 0 saturated carbocycles. The molecule has 1 aromatic rings. The Morgan fingerprint density at radius 1 is 1.50 bits per heavy atom. The lowest BCUT2D eigenvalue weighted by Crippen LogP contribution is -2.18. The summed E-state index contributed by atoms with van der Waals surface area (Å²) in [6, 6.07) is 6.77. The van der Waals surface area contributed by atoms with Crippen molar-refractivity contribution in [2.24, 2.45) is 5.92 Å². The molecule has 110 valence electrons. The fourth-order valence-corrected chi connectivity index (χ4v) is 2.96. The minimum absolute atomic E-state index is 0.00955. The lowest BCUT2D eigenvalue weighted by molar-refractivity contribution is -0.121. The monoisotopic (exact) mass is 316 g/mol. The maximum absolute atomic E-state index is 11.9. The quantitative estimate of drug-likeness (QED) is 0.616. The van der Waals surface area contributed by atoms with Crippen LogP contribution in [-0.2, 0) is 20.3 Å². The Balaban J connectivity index is 1.94. The molecule has 1 saturated heterocycles. The SMILES string of the molecule is COP(=O)(O)Oc1ccc(C[C@H](C)C(=O)C2CS2)cc1. The summed E-state index contributed by atoms with van der Waals surface area (Å²) in [6.45, 7) is 1.93. The first-order valence-electron chi connectivity index (χ1n) is 6.23. The van der Waals surface area contributed by atoms with Gasteiger partial charge in [0.2, 0.25) is 0 Å². The Labute approximate surface area is 122 Å². The average Bonchev–Trinajstić information content (AvgIpc) is 3.24. The predicted octanol–water partition coefficient (Wildman–Crippen LogP) is 2.68. The minimum Gasteiger partial charge on any atom is -0.404 e.